The van der Waals surface area contributed by atoms with Gasteiger partial charge in [-0.1, -0.05) is 37.3 Å². The Balaban J connectivity index is 2.02. The van der Waals surface area contributed by atoms with Crippen molar-refractivity contribution in [1.82, 2.24) is 4.90 Å². The van der Waals surface area contributed by atoms with Crippen molar-refractivity contribution >= 4 is 5.71 Å². The third-order valence-electron chi connectivity index (χ3n) is 3.70. The molecule has 1 aliphatic heterocycles. The molecule has 92 valence electrons. The largest absolute Gasteiger partial charge is 0.303 e. The van der Waals surface area contributed by atoms with Gasteiger partial charge in [-0.25, -0.2) is 0 Å². The molecule has 0 aliphatic carbocycles. The van der Waals surface area contributed by atoms with Crippen LogP contribution in [0.2, 0.25) is 0 Å². The SMILES string of the molecule is CC1CN(C)C(C)CC1=NCc1ccccc1. The van der Waals surface area contributed by atoms with E-state index in [4.69, 9.17) is 4.99 Å². The van der Waals surface area contributed by atoms with E-state index in [9.17, 15) is 0 Å². The Kier molecular flexibility index (Phi) is 3.95. The summed E-state index contributed by atoms with van der Waals surface area (Å²) in [4.78, 5) is 7.23. The average Bonchev–Trinajstić information content (AvgIpc) is 2.33. The van der Waals surface area contributed by atoms with E-state index in [1.165, 1.54) is 11.3 Å². The van der Waals surface area contributed by atoms with Crippen LogP contribution in [0.4, 0.5) is 0 Å². The molecular weight excluding hydrogens is 208 g/mol. The molecule has 2 atom stereocenters. The molecule has 1 aromatic rings. The van der Waals surface area contributed by atoms with E-state index in [1.54, 1.807) is 0 Å². The Morgan fingerprint density at radius 1 is 1.24 bits per heavy atom. The van der Waals surface area contributed by atoms with Crippen molar-refractivity contribution in [1.29, 1.82) is 0 Å². The lowest BCUT2D eigenvalue weighted by Gasteiger charge is -2.34. The van der Waals surface area contributed by atoms with E-state index in [1.807, 2.05) is 0 Å². The Morgan fingerprint density at radius 3 is 2.65 bits per heavy atom. The highest BCUT2D eigenvalue weighted by Crippen LogP contribution is 2.18. The molecule has 0 amide bonds. The number of aliphatic imine (C=N–C) groups is 1. The monoisotopic (exact) mass is 230 g/mol. The molecule has 0 saturated carbocycles. The van der Waals surface area contributed by atoms with Gasteiger partial charge in [0.1, 0.15) is 0 Å². The summed E-state index contributed by atoms with van der Waals surface area (Å²) in [6, 6.07) is 11.1. The quantitative estimate of drug-likeness (QED) is 0.762. The molecule has 0 spiro atoms. The zero-order chi connectivity index (χ0) is 12.3. The second kappa shape index (κ2) is 5.46. The fourth-order valence-corrected chi connectivity index (χ4v) is 2.37. The highest BCUT2D eigenvalue weighted by Gasteiger charge is 2.24. The molecule has 0 bridgehead atoms. The van der Waals surface area contributed by atoms with Gasteiger partial charge in [0, 0.05) is 30.6 Å². The van der Waals surface area contributed by atoms with Crippen molar-refractivity contribution in [3.8, 4) is 0 Å². The topological polar surface area (TPSA) is 15.6 Å². The van der Waals surface area contributed by atoms with Crippen LogP contribution in [0.5, 0.6) is 0 Å². The van der Waals surface area contributed by atoms with Crippen molar-refractivity contribution in [3.05, 3.63) is 35.9 Å². The van der Waals surface area contributed by atoms with E-state index in [-0.39, 0.29) is 0 Å². The van der Waals surface area contributed by atoms with Gasteiger partial charge in [0.15, 0.2) is 0 Å². The highest BCUT2D eigenvalue weighted by atomic mass is 15.1. The van der Waals surface area contributed by atoms with E-state index in [0.29, 0.717) is 12.0 Å². The third-order valence-corrected chi connectivity index (χ3v) is 3.70. The van der Waals surface area contributed by atoms with Crippen molar-refractivity contribution in [3.63, 3.8) is 0 Å². The van der Waals surface area contributed by atoms with Gasteiger partial charge in [-0.2, -0.15) is 0 Å². The van der Waals surface area contributed by atoms with Gasteiger partial charge in [0.05, 0.1) is 6.54 Å². The minimum Gasteiger partial charge on any atom is -0.303 e. The van der Waals surface area contributed by atoms with Gasteiger partial charge < -0.3 is 4.90 Å². The number of rotatable bonds is 2. The normalized spacial score (nSPS) is 28.5. The van der Waals surface area contributed by atoms with Gasteiger partial charge in [-0.05, 0) is 19.5 Å². The summed E-state index contributed by atoms with van der Waals surface area (Å²) in [5.74, 6) is 0.597. The number of hydrogen-bond acceptors (Lipinski definition) is 2. The fraction of sp³-hybridized carbons (Fsp3) is 0.533. The first-order valence-corrected chi connectivity index (χ1v) is 6.44. The summed E-state index contributed by atoms with van der Waals surface area (Å²) in [5, 5.41) is 0. The number of hydrogen-bond donors (Lipinski definition) is 0. The van der Waals surface area contributed by atoms with Crippen LogP contribution in [-0.4, -0.2) is 30.2 Å². The van der Waals surface area contributed by atoms with Crippen LogP contribution >= 0.6 is 0 Å². The summed E-state index contributed by atoms with van der Waals surface area (Å²) in [6.07, 6.45) is 1.12. The van der Waals surface area contributed by atoms with Crippen molar-refractivity contribution in [2.75, 3.05) is 13.6 Å². The number of nitrogens with zero attached hydrogens (tertiary/aromatic N) is 2. The maximum atomic E-state index is 4.81. The predicted molar refractivity (Wildman–Crippen MR) is 73.5 cm³/mol. The molecule has 0 N–H and O–H groups in total. The van der Waals surface area contributed by atoms with Crippen LogP contribution in [0.25, 0.3) is 0 Å². The molecule has 1 saturated heterocycles. The van der Waals surface area contributed by atoms with E-state index in [0.717, 1.165) is 19.5 Å². The summed E-state index contributed by atoms with van der Waals surface area (Å²) in [7, 11) is 2.20. The summed E-state index contributed by atoms with van der Waals surface area (Å²) >= 11 is 0. The van der Waals surface area contributed by atoms with Crippen molar-refractivity contribution < 1.29 is 0 Å². The molecule has 0 aromatic heterocycles. The zero-order valence-corrected chi connectivity index (χ0v) is 11.1. The van der Waals surface area contributed by atoms with Crippen LogP contribution < -0.4 is 0 Å². The van der Waals surface area contributed by atoms with Gasteiger partial charge in [0.25, 0.3) is 0 Å². The third kappa shape index (κ3) is 3.16. The summed E-state index contributed by atoms with van der Waals surface area (Å²) < 4.78 is 0. The second-order valence-corrected chi connectivity index (χ2v) is 5.19. The molecular formula is C15H22N2. The maximum absolute atomic E-state index is 4.81. The molecule has 1 aliphatic rings. The minimum atomic E-state index is 0.597. The first-order valence-electron chi connectivity index (χ1n) is 6.44. The van der Waals surface area contributed by atoms with Gasteiger partial charge >= 0.3 is 0 Å². The molecule has 0 radical (unpaired) electrons. The number of benzene rings is 1. The second-order valence-electron chi connectivity index (χ2n) is 5.19. The minimum absolute atomic E-state index is 0.597. The Labute approximate surface area is 104 Å². The Morgan fingerprint density at radius 2 is 1.94 bits per heavy atom. The lowest BCUT2D eigenvalue weighted by molar-refractivity contribution is 0.225. The standard InChI is InChI=1S/C15H22N2/c1-12-11-17(3)13(2)9-15(12)16-10-14-7-5-4-6-8-14/h4-8,12-13H,9-11H2,1-3H3. The maximum Gasteiger partial charge on any atom is 0.0639 e. The van der Waals surface area contributed by atoms with Gasteiger partial charge in [0.2, 0.25) is 0 Å². The molecule has 2 unspecified atom stereocenters. The first-order chi connectivity index (χ1) is 8.16. The smallest absolute Gasteiger partial charge is 0.0639 e. The van der Waals surface area contributed by atoms with Crippen LogP contribution in [0.3, 0.4) is 0 Å². The number of likely N-dealkylation sites (tertiary alicyclic amines) is 1. The van der Waals surface area contributed by atoms with E-state index < -0.39 is 0 Å². The molecule has 17 heavy (non-hydrogen) atoms. The molecule has 2 rings (SSSR count). The number of piperidine rings is 1. The van der Waals surface area contributed by atoms with Crippen LogP contribution in [0, 0.1) is 5.92 Å². The lowest BCUT2D eigenvalue weighted by atomic mass is 9.93. The molecule has 2 nitrogen and oxygen atoms in total. The van der Waals surface area contributed by atoms with E-state index >= 15 is 0 Å². The molecule has 1 heterocycles. The molecule has 2 heteroatoms. The summed E-state index contributed by atoms with van der Waals surface area (Å²) in [6.45, 7) is 6.53. The molecule has 1 aromatic carbocycles. The average molecular weight is 230 g/mol. The van der Waals surface area contributed by atoms with Gasteiger partial charge in [-0.15, -0.1) is 0 Å². The Bertz CT molecular complexity index is 383. The van der Waals surface area contributed by atoms with Crippen LogP contribution in [-0.2, 0) is 6.54 Å². The zero-order valence-electron chi connectivity index (χ0n) is 11.1. The van der Waals surface area contributed by atoms with Crippen LogP contribution in [0.15, 0.2) is 35.3 Å². The lowest BCUT2D eigenvalue weighted by Crippen LogP contribution is -2.43. The van der Waals surface area contributed by atoms with E-state index in [2.05, 4.69) is 56.1 Å². The van der Waals surface area contributed by atoms with Crippen molar-refractivity contribution in [2.45, 2.75) is 32.9 Å². The highest BCUT2D eigenvalue weighted by molar-refractivity contribution is 5.87. The summed E-state index contributed by atoms with van der Waals surface area (Å²) in [5.41, 5.74) is 2.69. The fourth-order valence-electron chi connectivity index (χ4n) is 2.37. The predicted octanol–water partition coefficient (Wildman–Crippen LogP) is 2.99. The molecule has 1 fully saturated rings. The Hall–Kier alpha value is -1.15. The first kappa shape index (κ1) is 12.3. The van der Waals surface area contributed by atoms with Gasteiger partial charge in [-0.3, -0.25) is 4.99 Å². The van der Waals surface area contributed by atoms with Crippen LogP contribution in [0.1, 0.15) is 25.8 Å². The van der Waals surface area contributed by atoms with Crippen molar-refractivity contribution in [2.24, 2.45) is 10.9 Å².